The van der Waals surface area contributed by atoms with Crippen LogP contribution >= 0.6 is 12.2 Å². The van der Waals surface area contributed by atoms with Crippen LogP contribution in [-0.4, -0.2) is 21.7 Å². The molecule has 134 valence electrons. The zero-order valence-corrected chi connectivity index (χ0v) is 15.2. The molecule has 1 heterocycles. The van der Waals surface area contributed by atoms with Crippen LogP contribution in [0.3, 0.4) is 0 Å². The highest BCUT2D eigenvalue weighted by atomic mass is 32.1. The van der Waals surface area contributed by atoms with E-state index in [4.69, 9.17) is 18.0 Å². The number of aromatic amines is 1. The second kappa shape index (κ2) is 8.48. The molecule has 0 unspecified atom stereocenters. The van der Waals surface area contributed by atoms with Crippen molar-refractivity contribution in [3.63, 3.8) is 0 Å². The molecule has 25 heavy (non-hydrogen) atoms. The number of unbranched alkanes of at least 4 members (excludes halogenated alkanes) is 1. The summed E-state index contributed by atoms with van der Waals surface area (Å²) in [5, 5.41) is 3.23. The van der Waals surface area contributed by atoms with Crippen molar-refractivity contribution in [3.8, 4) is 0 Å². The van der Waals surface area contributed by atoms with Crippen LogP contribution in [0.15, 0.2) is 39.9 Å². The number of hydrogen-bond donors (Lipinski definition) is 3. The minimum Gasteiger partial charge on any atom is -0.383 e. The van der Waals surface area contributed by atoms with Gasteiger partial charge in [-0.25, -0.2) is 4.79 Å². The average molecular weight is 361 g/mol. The lowest BCUT2D eigenvalue weighted by atomic mass is 10.2. The number of H-pyrrole nitrogens is 1. The van der Waals surface area contributed by atoms with Crippen LogP contribution in [0.5, 0.6) is 0 Å². The van der Waals surface area contributed by atoms with E-state index in [9.17, 15) is 9.59 Å². The van der Waals surface area contributed by atoms with E-state index in [0.29, 0.717) is 18.2 Å². The van der Waals surface area contributed by atoms with Gasteiger partial charge in [-0.3, -0.25) is 14.3 Å². The number of nitrogens with zero attached hydrogens (tertiary/aromatic N) is 2. The van der Waals surface area contributed by atoms with E-state index in [1.807, 2.05) is 37.3 Å². The Morgan fingerprint density at radius 2 is 2.00 bits per heavy atom. The number of anilines is 2. The van der Waals surface area contributed by atoms with E-state index in [2.05, 4.69) is 10.3 Å². The molecule has 7 nitrogen and oxygen atoms in total. The molecule has 0 spiro atoms. The first-order chi connectivity index (χ1) is 12.0. The van der Waals surface area contributed by atoms with Gasteiger partial charge in [-0.15, -0.1) is 0 Å². The lowest BCUT2D eigenvalue weighted by Crippen LogP contribution is -2.44. The third kappa shape index (κ3) is 4.27. The first kappa shape index (κ1) is 18.7. The molecule has 0 radical (unpaired) electrons. The van der Waals surface area contributed by atoms with Crippen molar-refractivity contribution < 1.29 is 0 Å². The first-order valence-corrected chi connectivity index (χ1v) is 8.56. The average Bonchev–Trinajstić information content (AvgIpc) is 2.60. The second-order valence-corrected chi connectivity index (χ2v) is 6.01. The fraction of sp³-hybridized carbons (Fsp3) is 0.353. The normalized spacial score (nSPS) is 10.5. The Kier molecular flexibility index (Phi) is 6.35. The summed E-state index contributed by atoms with van der Waals surface area (Å²) in [5.74, 6) is 0.121. The predicted octanol–water partition coefficient (Wildman–Crippen LogP) is 1.43. The number of nitrogen functional groups attached to an aromatic ring is 1. The molecule has 0 saturated heterocycles. The highest BCUT2D eigenvalue weighted by Gasteiger charge is 2.21. The predicted molar refractivity (Wildman–Crippen MR) is 105 cm³/mol. The maximum Gasteiger partial charge on any atom is 0.330 e. The molecule has 0 bridgehead atoms. The molecule has 0 atom stereocenters. The first-order valence-electron chi connectivity index (χ1n) is 8.15. The molecule has 1 aromatic carbocycles. The van der Waals surface area contributed by atoms with E-state index in [1.54, 1.807) is 11.9 Å². The van der Waals surface area contributed by atoms with Gasteiger partial charge >= 0.3 is 5.69 Å². The zero-order chi connectivity index (χ0) is 18.4. The van der Waals surface area contributed by atoms with Crippen LogP contribution in [0.1, 0.15) is 25.3 Å². The topological polar surface area (TPSA) is 96.2 Å². The van der Waals surface area contributed by atoms with Crippen molar-refractivity contribution >= 4 is 28.8 Å². The third-order valence-electron chi connectivity index (χ3n) is 3.86. The number of hydrogen-bond acceptors (Lipinski definition) is 4. The molecule has 1 aromatic heterocycles. The maximum atomic E-state index is 12.5. The standard InChI is InChI=1S/C17H23N5O2S/c1-3-4-10-21-14(18)13(15(23)20-16(21)24)22(17(25)19-2)11-12-8-6-5-7-9-12/h5-9H,3-4,10-11,18H2,1-2H3,(H,19,25)(H,20,23,24). The molecule has 2 aromatic rings. The largest absolute Gasteiger partial charge is 0.383 e. The number of rotatable bonds is 6. The maximum absolute atomic E-state index is 12.5. The summed E-state index contributed by atoms with van der Waals surface area (Å²) in [7, 11) is 1.68. The molecule has 0 saturated carbocycles. The summed E-state index contributed by atoms with van der Waals surface area (Å²) in [6.07, 6.45) is 1.69. The van der Waals surface area contributed by atoms with Crippen molar-refractivity contribution in [2.45, 2.75) is 32.9 Å². The Hall–Kier alpha value is -2.61. The van der Waals surface area contributed by atoms with Crippen molar-refractivity contribution in [3.05, 3.63) is 56.7 Å². The molecule has 0 aliphatic carbocycles. The van der Waals surface area contributed by atoms with Crippen LogP contribution in [-0.2, 0) is 13.1 Å². The van der Waals surface area contributed by atoms with Gasteiger partial charge in [0.15, 0.2) is 10.8 Å². The Bertz CT molecular complexity index is 844. The summed E-state index contributed by atoms with van der Waals surface area (Å²) in [5.41, 5.74) is 6.27. The fourth-order valence-corrected chi connectivity index (χ4v) is 2.69. The Labute approximate surface area is 151 Å². The van der Waals surface area contributed by atoms with Crippen molar-refractivity contribution in [1.82, 2.24) is 14.9 Å². The van der Waals surface area contributed by atoms with E-state index in [1.165, 1.54) is 4.57 Å². The number of nitrogens with two attached hydrogens (primary N) is 1. The molecule has 0 aliphatic heterocycles. The molecule has 0 fully saturated rings. The molecule has 0 amide bonds. The van der Waals surface area contributed by atoms with Gasteiger partial charge in [-0.2, -0.15) is 0 Å². The highest BCUT2D eigenvalue weighted by Crippen LogP contribution is 2.20. The fourth-order valence-electron chi connectivity index (χ4n) is 2.53. The van der Waals surface area contributed by atoms with Gasteiger partial charge in [-0.05, 0) is 24.2 Å². The molecular weight excluding hydrogens is 338 g/mol. The van der Waals surface area contributed by atoms with Gasteiger partial charge in [0.25, 0.3) is 5.56 Å². The van der Waals surface area contributed by atoms with Crippen LogP contribution < -0.4 is 27.2 Å². The Morgan fingerprint density at radius 1 is 1.32 bits per heavy atom. The summed E-state index contributed by atoms with van der Waals surface area (Å²) in [4.78, 5) is 28.5. The van der Waals surface area contributed by atoms with Crippen molar-refractivity contribution in [2.75, 3.05) is 17.7 Å². The monoisotopic (exact) mass is 361 g/mol. The van der Waals surface area contributed by atoms with E-state index in [-0.39, 0.29) is 11.5 Å². The van der Waals surface area contributed by atoms with Crippen LogP contribution in [0.2, 0.25) is 0 Å². The molecule has 2 rings (SSSR count). The second-order valence-electron chi connectivity index (χ2n) is 5.63. The molecule has 0 aliphatic rings. The minimum absolute atomic E-state index is 0.121. The van der Waals surface area contributed by atoms with Crippen LogP contribution in [0.4, 0.5) is 11.5 Å². The molecular formula is C17H23N5O2S. The molecule has 8 heteroatoms. The lowest BCUT2D eigenvalue weighted by Gasteiger charge is -2.26. The zero-order valence-electron chi connectivity index (χ0n) is 14.4. The summed E-state index contributed by atoms with van der Waals surface area (Å²) in [6.45, 7) is 2.82. The summed E-state index contributed by atoms with van der Waals surface area (Å²) >= 11 is 5.36. The number of benzene rings is 1. The van der Waals surface area contributed by atoms with E-state index >= 15 is 0 Å². The number of thiocarbonyl (C=S) groups is 1. The van der Waals surface area contributed by atoms with Gasteiger partial charge in [0.2, 0.25) is 0 Å². The summed E-state index contributed by atoms with van der Waals surface area (Å²) < 4.78 is 1.39. The number of nitrogens with one attached hydrogen (secondary N) is 2. The summed E-state index contributed by atoms with van der Waals surface area (Å²) in [6, 6.07) is 9.60. The number of aromatic nitrogens is 2. The van der Waals surface area contributed by atoms with E-state index < -0.39 is 11.2 Å². The van der Waals surface area contributed by atoms with E-state index in [0.717, 1.165) is 18.4 Å². The van der Waals surface area contributed by atoms with Gasteiger partial charge in [0.05, 0.1) is 6.54 Å². The van der Waals surface area contributed by atoms with Gasteiger partial charge in [0, 0.05) is 13.6 Å². The van der Waals surface area contributed by atoms with Crippen molar-refractivity contribution in [2.24, 2.45) is 0 Å². The lowest BCUT2D eigenvalue weighted by molar-refractivity contribution is 0.604. The van der Waals surface area contributed by atoms with Crippen LogP contribution in [0.25, 0.3) is 0 Å². The molecule has 4 N–H and O–H groups in total. The van der Waals surface area contributed by atoms with Gasteiger partial charge < -0.3 is 16.0 Å². The SMILES string of the molecule is CCCCn1c(N)c(N(Cc2ccccc2)C(=S)NC)c(=O)[nH]c1=O. The smallest absolute Gasteiger partial charge is 0.330 e. The van der Waals surface area contributed by atoms with Crippen molar-refractivity contribution in [1.29, 1.82) is 0 Å². The highest BCUT2D eigenvalue weighted by molar-refractivity contribution is 7.80. The minimum atomic E-state index is -0.552. The quantitative estimate of drug-likeness (QED) is 0.674. The third-order valence-corrected chi connectivity index (χ3v) is 4.29. The van der Waals surface area contributed by atoms with Gasteiger partial charge in [0.1, 0.15) is 5.82 Å². The van der Waals surface area contributed by atoms with Gasteiger partial charge in [-0.1, -0.05) is 43.7 Å². The van der Waals surface area contributed by atoms with Crippen LogP contribution in [0, 0.1) is 0 Å². The Balaban J connectivity index is 2.54. The Morgan fingerprint density at radius 3 is 2.60 bits per heavy atom.